The molecule has 0 unspecified atom stereocenters. The summed E-state index contributed by atoms with van der Waals surface area (Å²) in [5, 5.41) is 10.9. The highest BCUT2D eigenvalue weighted by molar-refractivity contribution is 14.1. The molecule has 0 bridgehead atoms. The Balaban J connectivity index is 2.43. The van der Waals surface area contributed by atoms with Crippen molar-refractivity contribution in [1.82, 2.24) is 4.98 Å². The first-order valence-electron chi connectivity index (χ1n) is 5.09. The first-order chi connectivity index (χ1) is 8.11. The van der Waals surface area contributed by atoms with Gasteiger partial charge in [0, 0.05) is 10.9 Å². The van der Waals surface area contributed by atoms with Crippen molar-refractivity contribution in [2.45, 2.75) is 19.8 Å². The lowest BCUT2D eigenvalue weighted by Crippen LogP contribution is -1.99. The molecule has 1 N–H and O–H groups in total. The van der Waals surface area contributed by atoms with Gasteiger partial charge in [0.25, 0.3) is 0 Å². The molecule has 0 radical (unpaired) electrons. The monoisotopic (exact) mass is 363 g/mol. The second-order valence-electron chi connectivity index (χ2n) is 3.49. The van der Waals surface area contributed by atoms with Gasteiger partial charge in [0.1, 0.15) is 0 Å². The zero-order valence-corrected chi connectivity index (χ0v) is 12.0. The van der Waals surface area contributed by atoms with E-state index in [-0.39, 0.29) is 5.76 Å². The molecule has 17 heavy (non-hydrogen) atoms. The molecule has 2 aromatic heterocycles. The summed E-state index contributed by atoms with van der Waals surface area (Å²) in [7, 11) is 0. The third-order valence-corrected chi connectivity index (χ3v) is 3.98. The molecule has 0 spiro atoms. The van der Waals surface area contributed by atoms with Gasteiger partial charge in [0.15, 0.2) is 0 Å². The zero-order chi connectivity index (χ0) is 12.4. The topological polar surface area (TPSA) is 63.3 Å². The summed E-state index contributed by atoms with van der Waals surface area (Å²) < 4.78 is 6.44. The fourth-order valence-corrected chi connectivity index (χ4v) is 2.79. The molecule has 6 heteroatoms. The summed E-state index contributed by atoms with van der Waals surface area (Å²) in [4.78, 5) is 15.3. The number of aromatic nitrogens is 1. The van der Waals surface area contributed by atoms with Gasteiger partial charge < -0.3 is 9.52 Å². The number of aryl methyl sites for hydroxylation is 1. The normalized spacial score (nSPS) is 10.7. The van der Waals surface area contributed by atoms with Gasteiger partial charge in [-0.15, -0.1) is 11.3 Å². The number of carbonyl (C=O) groups is 1. The summed E-state index contributed by atoms with van der Waals surface area (Å²) in [6, 6.07) is 1.93. The van der Waals surface area contributed by atoms with Crippen molar-refractivity contribution in [3.8, 4) is 11.5 Å². The van der Waals surface area contributed by atoms with E-state index in [0.717, 1.165) is 14.9 Å². The van der Waals surface area contributed by atoms with Crippen LogP contribution in [-0.4, -0.2) is 16.1 Å². The molecule has 0 saturated carbocycles. The van der Waals surface area contributed by atoms with Gasteiger partial charge in [-0.05, 0) is 35.1 Å². The van der Waals surface area contributed by atoms with Crippen molar-refractivity contribution in [3.05, 3.63) is 25.8 Å². The van der Waals surface area contributed by atoms with E-state index in [1.807, 2.05) is 18.4 Å². The molecule has 2 heterocycles. The average Bonchev–Trinajstić information content (AvgIpc) is 2.85. The maximum atomic E-state index is 11.0. The molecule has 0 aliphatic carbocycles. The second-order valence-corrected chi connectivity index (χ2v) is 6.29. The van der Waals surface area contributed by atoms with Crippen LogP contribution in [0.25, 0.3) is 11.5 Å². The quantitative estimate of drug-likeness (QED) is 0.843. The van der Waals surface area contributed by atoms with Crippen molar-refractivity contribution >= 4 is 39.9 Å². The number of hydrogen-bond donors (Lipinski definition) is 1. The summed E-state index contributed by atoms with van der Waals surface area (Å²) in [6.45, 7) is 1.98. The molecule has 2 rings (SSSR count). The highest BCUT2D eigenvalue weighted by Gasteiger charge is 2.20. The summed E-state index contributed by atoms with van der Waals surface area (Å²) >= 11 is 3.78. The molecule has 0 saturated heterocycles. The molecule has 0 atom stereocenters. The minimum Gasteiger partial charge on any atom is -0.475 e. The minimum atomic E-state index is -1.06. The van der Waals surface area contributed by atoms with Crippen molar-refractivity contribution < 1.29 is 14.3 Å². The van der Waals surface area contributed by atoms with Gasteiger partial charge in [-0.3, -0.25) is 0 Å². The van der Waals surface area contributed by atoms with Gasteiger partial charge in [0.2, 0.25) is 11.7 Å². The van der Waals surface area contributed by atoms with Crippen molar-refractivity contribution in [1.29, 1.82) is 0 Å². The maximum Gasteiger partial charge on any atom is 0.373 e. The van der Waals surface area contributed by atoms with Crippen LogP contribution in [0.5, 0.6) is 0 Å². The van der Waals surface area contributed by atoms with E-state index in [2.05, 4.69) is 27.6 Å². The lowest BCUT2D eigenvalue weighted by atomic mass is 10.2. The number of oxazole rings is 1. The third kappa shape index (κ3) is 2.68. The van der Waals surface area contributed by atoms with Crippen LogP contribution in [0.4, 0.5) is 0 Å². The van der Waals surface area contributed by atoms with Crippen molar-refractivity contribution in [2.75, 3.05) is 0 Å². The molecular formula is C11H10INO3S. The number of rotatable bonds is 4. The van der Waals surface area contributed by atoms with Crippen molar-refractivity contribution in [2.24, 2.45) is 0 Å². The van der Waals surface area contributed by atoms with Crippen molar-refractivity contribution in [3.63, 3.8) is 0 Å². The van der Waals surface area contributed by atoms with E-state index >= 15 is 0 Å². The first-order valence-corrected chi connectivity index (χ1v) is 7.05. The van der Waals surface area contributed by atoms with Crippen LogP contribution in [0, 0.1) is 2.88 Å². The lowest BCUT2D eigenvalue weighted by molar-refractivity contribution is 0.0661. The molecule has 0 amide bonds. The average molecular weight is 363 g/mol. The standard InChI is InChI=1S/C11H10INO3S/c1-2-3-7-9(11(14)15)16-10(13-7)6-4-8(12)17-5-6/h4-5H,2-3H2,1H3,(H,14,15). The summed E-state index contributed by atoms with van der Waals surface area (Å²) in [6.07, 6.45) is 1.46. The molecule has 2 aromatic rings. The van der Waals surface area contributed by atoms with Crippen LogP contribution in [0.15, 0.2) is 15.9 Å². The van der Waals surface area contributed by atoms with E-state index in [4.69, 9.17) is 9.52 Å². The third-order valence-electron chi connectivity index (χ3n) is 2.19. The Morgan fingerprint density at radius 1 is 1.65 bits per heavy atom. The number of nitrogens with zero attached hydrogens (tertiary/aromatic N) is 1. The first kappa shape index (κ1) is 12.6. The molecule has 0 aromatic carbocycles. The molecule has 0 aliphatic heterocycles. The Morgan fingerprint density at radius 3 is 2.94 bits per heavy atom. The van der Waals surface area contributed by atoms with Crippen LogP contribution in [0.3, 0.4) is 0 Å². The van der Waals surface area contributed by atoms with Crippen LogP contribution >= 0.6 is 33.9 Å². The van der Waals surface area contributed by atoms with Crippen LogP contribution in [0.1, 0.15) is 29.6 Å². The highest BCUT2D eigenvalue weighted by Crippen LogP contribution is 2.28. The fraction of sp³-hybridized carbons (Fsp3) is 0.273. The SMILES string of the molecule is CCCc1nc(-c2csc(I)c2)oc1C(=O)O. The van der Waals surface area contributed by atoms with Gasteiger partial charge in [-0.25, -0.2) is 9.78 Å². The van der Waals surface area contributed by atoms with E-state index in [1.165, 1.54) is 0 Å². The number of aromatic carboxylic acids is 1. The molecule has 4 nitrogen and oxygen atoms in total. The number of hydrogen-bond acceptors (Lipinski definition) is 4. The predicted molar refractivity (Wildman–Crippen MR) is 73.5 cm³/mol. The largest absolute Gasteiger partial charge is 0.475 e. The van der Waals surface area contributed by atoms with Crippen LogP contribution in [-0.2, 0) is 6.42 Å². The van der Waals surface area contributed by atoms with E-state index < -0.39 is 5.97 Å². The van der Waals surface area contributed by atoms with Gasteiger partial charge in [0.05, 0.1) is 8.58 Å². The maximum absolute atomic E-state index is 11.0. The minimum absolute atomic E-state index is 0.0388. The van der Waals surface area contributed by atoms with Crippen LogP contribution in [0.2, 0.25) is 0 Å². The number of thiophene rings is 1. The Morgan fingerprint density at radius 2 is 2.41 bits per heavy atom. The number of carboxylic acids is 1. The van der Waals surface area contributed by atoms with E-state index in [1.54, 1.807) is 11.3 Å². The Hall–Kier alpha value is -0.890. The van der Waals surface area contributed by atoms with E-state index in [0.29, 0.717) is 18.0 Å². The van der Waals surface area contributed by atoms with Gasteiger partial charge in [-0.1, -0.05) is 13.3 Å². The second kappa shape index (κ2) is 5.18. The van der Waals surface area contributed by atoms with E-state index in [9.17, 15) is 4.79 Å². The smallest absolute Gasteiger partial charge is 0.373 e. The predicted octanol–water partition coefficient (Wildman–Crippen LogP) is 3.66. The fourth-order valence-electron chi connectivity index (χ4n) is 1.47. The Bertz CT molecular complexity index is 547. The Labute approximate surface area is 116 Å². The number of carboxylic acid groups (broad SMARTS) is 1. The molecule has 0 aliphatic rings. The number of halogens is 1. The molecule has 0 fully saturated rings. The van der Waals surface area contributed by atoms with Gasteiger partial charge in [-0.2, -0.15) is 0 Å². The van der Waals surface area contributed by atoms with Crippen LogP contribution < -0.4 is 0 Å². The highest BCUT2D eigenvalue weighted by atomic mass is 127. The summed E-state index contributed by atoms with van der Waals surface area (Å²) in [5.41, 5.74) is 1.36. The molecule has 90 valence electrons. The zero-order valence-electron chi connectivity index (χ0n) is 9.07. The molecular weight excluding hydrogens is 353 g/mol. The lowest BCUT2D eigenvalue weighted by Gasteiger charge is -1.91. The summed E-state index contributed by atoms with van der Waals surface area (Å²) in [5.74, 6) is -0.704. The van der Waals surface area contributed by atoms with Gasteiger partial charge >= 0.3 is 5.97 Å². The Kier molecular flexibility index (Phi) is 3.82.